The van der Waals surface area contributed by atoms with Gasteiger partial charge in [0, 0.05) is 44.5 Å². The van der Waals surface area contributed by atoms with Crippen LogP contribution in [0.1, 0.15) is 27.3 Å². The van der Waals surface area contributed by atoms with Gasteiger partial charge in [0.2, 0.25) is 0 Å². The number of carbonyl (C=O) groups excluding carboxylic acids is 1. The second-order valence-corrected chi connectivity index (χ2v) is 6.70. The van der Waals surface area contributed by atoms with Crippen LogP contribution in [0.3, 0.4) is 0 Å². The highest BCUT2D eigenvalue weighted by Crippen LogP contribution is 2.24. The number of carboxylic acid groups (broad SMARTS) is 1. The van der Waals surface area contributed by atoms with Gasteiger partial charge in [-0.3, -0.25) is 4.99 Å². The fourth-order valence-corrected chi connectivity index (χ4v) is 3.20. The van der Waals surface area contributed by atoms with Gasteiger partial charge in [0.15, 0.2) is 0 Å². The Hall–Kier alpha value is -2.56. The highest BCUT2D eigenvalue weighted by Gasteiger charge is 2.10. The molecule has 132 valence electrons. The summed E-state index contributed by atoms with van der Waals surface area (Å²) >= 11 is 11.9. The van der Waals surface area contributed by atoms with Crippen LogP contribution in [-0.4, -0.2) is 16.8 Å². The molecule has 0 fully saturated rings. The maximum atomic E-state index is 11.1. The Morgan fingerprint density at radius 3 is 2.58 bits per heavy atom. The van der Waals surface area contributed by atoms with E-state index < -0.39 is 5.97 Å². The monoisotopic (exact) mass is 385 g/mol. The first kappa shape index (κ1) is 18.2. The summed E-state index contributed by atoms with van der Waals surface area (Å²) in [4.78, 5) is 15.4. The number of rotatable bonds is 4. The lowest BCUT2D eigenvalue weighted by molar-refractivity contribution is -0.255. The van der Waals surface area contributed by atoms with Crippen molar-refractivity contribution in [1.29, 1.82) is 0 Å². The lowest BCUT2D eigenvalue weighted by atomic mass is 10.2. The van der Waals surface area contributed by atoms with Gasteiger partial charge in [0.25, 0.3) is 0 Å². The van der Waals surface area contributed by atoms with Crippen LogP contribution in [0, 0.1) is 13.8 Å². The minimum absolute atomic E-state index is 0.0780. The summed E-state index contributed by atoms with van der Waals surface area (Å²) in [6.45, 7) is 3.99. The number of aryl methyl sites for hydroxylation is 1. The van der Waals surface area contributed by atoms with Gasteiger partial charge in [-0.25, -0.2) is 0 Å². The van der Waals surface area contributed by atoms with E-state index in [0.29, 0.717) is 10.7 Å². The Labute approximate surface area is 161 Å². The van der Waals surface area contributed by atoms with E-state index in [-0.39, 0.29) is 10.6 Å². The lowest BCUT2D eigenvalue weighted by Gasteiger charge is -2.09. The van der Waals surface area contributed by atoms with E-state index in [2.05, 4.69) is 9.56 Å². The van der Waals surface area contributed by atoms with Crippen molar-refractivity contribution in [2.24, 2.45) is 4.99 Å². The minimum Gasteiger partial charge on any atom is -0.545 e. The van der Waals surface area contributed by atoms with Crippen molar-refractivity contribution >= 4 is 41.1 Å². The van der Waals surface area contributed by atoms with Crippen LogP contribution in [0.15, 0.2) is 53.5 Å². The van der Waals surface area contributed by atoms with Crippen molar-refractivity contribution < 1.29 is 9.90 Å². The third-order valence-corrected chi connectivity index (χ3v) is 4.62. The van der Waals surface area contributed by atoms with Gasteiger partial charge in [-0.15, -0.1) is 0 Å². The molecular formula is C20H15Cl2N2O2-. The van der Waals surface area contributed by atoms with Gasteiger partial charge in [0.1, 0.15) is 0 Å². The van der Waals surface area contributed by atoms with Crippen LogP contribution < -0.4 is 5.11 Å². The average Bonchev–Trinajstić information content (AvgIpc) is 2.87. The third kappa shape index (κ3) is 3.66. The second kappa shape index (κ2) is 7.36. The Morgan fingerprint density at radius 2 is 1.88 bits per heavy atom. The van der Waals surface area contributed by atoms with Crippen molar-refractivity contribution in [3.05, 3.63) is 81.1 Å². The molecule has 0 bridgehead atoms. The van der Waals surface area contributed by atoms with E-state index in [1.165, 1.54) is 12.1 Å². The summed E-state index contributed by atoms with van der Waals surface area (Å²) < 4.78 is 2.09. The molecular weight excluding hydrogens is 371 g/mol. The molecule has 2 aromatic carbocycles. The van der Waals surface area contributed by atoms with Gasteiger partial charge in [-0.1, -0.05) is 29.3 Å². The molecule has 6 heteroatoms. The molecule has 0 aliphatic rings. The number of hydrogen-bond acceptors (Lipinski definition) is 3. The van der Waals surface area contributed by atoms with Gasteiger partial charge >= 0.3 is 0 Å². The number of nitrogens with zero attached hydrogens (tertiary/aromatic N) is 2. The largest absolute Gasteiger partial charge is 0.545 e. The van der Waals surface area contributed by atoms with Crippen LogP contribution in [0.2, 0.25) is 10.0 Å². The minimum atomic E-state index is -1.33. The van der Waals surface area contributed by atoms with Crippen molar-refractivity contribution in [2.75, 3.05) is 0 Å². The second-order valence-electron chi connectivity index (χ2n) is 5.85. The maximum Gasteiger partial charge on any atom is 0.0731 e. The third-order valence-electron chi connectivity index (χ3n) is 4.06. The van der Waals surface area contributed by atoms with Crippen molar-refractivity contribution in [3.8, 4) is 5.69 Å². The van der Waals surface area contributed by atoms with Gasteiger partial charge in [0.05, 0.1) is 11.7 Å². The molecule has 0 aliphatic heterocycles. The molecule has 0 unspecified atom stereocenters. The number of aromatic nitrogens is 1. The Morgan fingerprint density at radius 1 is 1.12 bits per heavy atom. The molecule has 26 heavy (non-hydrogen) atoms. The fourth-order valence-electron chi connectivity index (χ4n) is 2.82. The van der Waals surface area contributed by atoms with Crippen molar-refractivity contribution in [1.82, 2.24) is 4.57 Å². The van der Waals surface area contributed by atoms with E-state index in [1.54, 1.807) is 12.3 Å². The molecule has 0 saturated carbocycles. The molecule has 0 radical (unpaired) electrons. The maximum absolute atomic E-state index is 11.1. The first-order chi connectivity index (χ1) is 12.4. The van der Waals surface area contributed by atoms with Crippen LogP contribution in [-0.2, 0) is 0 Å². The first-order valence-corrected chi connectivity index (χ1v) is 8.62. The molecule has 0 atom stereocenters. The number of halogens is 2. The summed E-state index contributed by atoms with van der Waals surface area (Å²) in [6, 6.07) is 14.2. The zero-order chi connectivity index (χ0) is 18.8. The molecule has 3 rings (SSSR count). The predicted octanol–water partition coefficient (Wildman–Crippen LogP) is 4.52. The number of carboxylic acids is 1. The van der Waals surface area contributed by atoms with E-state index in [9.17, 15) is 9.90 Å². The molecule has 0 N–H and O–H groups in total. The smallest absolute Gasteiger partial charge is 0.0731 e. The molecule has 1 heterocycles. The topological polar surface area (TPSA) is 57.4 Å². The SMILES string of the molecule is Cc1cc(C=Nc2ccc(Cl)c(C(=O)[O-])c2)c(C)n1-c1cccc(Cl)c1. The van der Waals surface area contributed by atoms with Gasteiger partial charge < -0.3 is 14.5 Å². The number of benzene rings is 2. The van der Waals surface area contributed by atoms with E-state index >= 15 is 0 Å². The summed E-state index contributed by atoms with van der Waals surface area (Å²) in [6.07, 6.45) is 1.70. The normalized spacial score (nSPS) is 11.2. The first-order valence-electron chi connectivity index (χ1n) is 7.86. The van der Waals surface area contributed by atoms with E-state index in [4.69, 9.17) is 23.2 Å². The predicted molar refractivity (Wildman–Crippen MR) is 103 cm³/mol. The molecule has 1 aromatic heterocycles. The quantitative estimate of drug-likeness (QED) is 0.620. The Balaban J connectivity index is 1.97. The summed E-state index contributed by atoms with van der Waals surface area (Å²) in [5, 5.41) is 11.9. The standard InChI is InChI=1S/C20H16Cl2N2O2/c1-12-8-14(13(2)24(12)17-5-3-4-15(21)9-17)11-23-16-6-7-19(22)18(10-16)20(25)26/h3-11H,1-2H3,(H,25,26)/p-1. The molecule has 0 aliphatic carbocycles. The summed E-state index contributed by atoms with van der Waals surface area (Å²) in [5.41, 5.74) is 4.34. The van der Waals surface area contributed by atoms with Crippen molar-refractivity contribution in [2.45, 2.75) is 13.8 Å². The summed E-state index contributed by atoms with van der Waals surface area (Å²) in [7, 11) is 0. The Kier molecular flexibility index (Phi) is 5.16. The van der Waals surface area contributed by atoms with E-state index in [0.717, 1.165) is 22.6 Å². The van der Waals surface area contributed by atoms with Crippen LogP contribution in [0.4, 0.5) is 5.69 Å². The number of hydrogen-bond donors (Lipinski definition) is 0. The number of aliphatic imine (C=N–C) groups is 1. The summed E-state index contributed by atoms with van der Waals surface area (Å²) in [5.74, 6) is -1.33. The molecule has 0 amide bonds. The lowest BCUT2D eigenvalue weighted by Crippen LogP contribution is -2.22. The zero-order valence-corrected chi connectivity index (χ0v) is 15.7. The number of aromatic carboxylic acids is 1. The fraction of sp³-hybridized carbons (Fsp3) is 0.100. The van der Waals surface area contributed by atoms with Crippen molar-refractivity contribution in [3.63, 3.8) is 0 Å². The van der Waals surface area contributed by atoms with Crippen LogP contribution in [0.5, 0.6) is 0 Å². The van der Waals surface area contributed by atoms with Crippen LogP contribution in [0.25, 0.3) is 5.69 Å². The Bertz CT molecular complexity index is 1020. The molecule has 0 saturated heterocycles. The highest BCUT2D eigenvalue weighted by atomic mass is 35.5. The van der Waals surface area contributed by atoms with Gasteiger partial charge in [-0.05, 0) is 56.3 Å². The molecule has 0 spiro atoms. The highest BCUT2D eigenvalue weighted by molar-refractivity contribution is 6.33. The average molecular weight is 386 g/mol. The molecule has 4 nitrogen and oxygen atoms in total. The molecule has 3 aromatic rings. The van der Waals surface area contributed by atoms with Crippen LogP contribution >= 0.6 is 23.2 Å². The zero-order valence-electron chi connectivity index (χ0n) is 14.2. The van der Waals surface area contributed by atoms with Gasteiger partial charge in [-0.2, -0.15) is 0 Å². The van der Waals surface area contributed by atoms with E-state index in [1.807, 2.05) is 44.2 Å². The number of carbonyl (C=O) groups is 1.